The number of halogens is 2. The van der Waals surface area contributed by atoms with Crippen molar-refractivity contribution in [1.29, 1.82) is 0 Å². The highest BCUT2D eigenvalue weighted by atomic mass is 127. The summed E-state index contributed by atoms with van der Waals surface area (Å²) in [5, 5.41) is 0. The van der Waals surface area contributed by atoms with Crippen LogP contribution in [-0.4, -0.2) is 9.55 Å². The van der Waals surface area contributed by atoms with Crippen molar-refractivity contribution < 1.29 is 4.39 Å². The van der Waals surface area contributed by atoms with Crippen LogP contribution in [0.2, 0.25) is 0 Å². The molecule has 0 saturated carbocycles. The predicted molar refractivity (Wildman–Crippen MR) is 78.2 cm³/mol. The molecule has 1 heterocycles. The van der Waals surface area contributed by atoms with E-state index in [0.29, 0.717) is 11.5 Å². The summed E-state index contributed by atoms with van der Waals surface area (Å²) >= 11 is 2.24. The normalized spacial score (nSPS) is 11.0. The Labute approximate surface area is 117 Å². The molecule has 18 heavy (non-hydrogen) atoms. The van der Waals surface area contributed by atoms with E-state index in [4.69, 9.17) is 5.73 Å². The van der Waals surface area contributed by atoms with Gasteiger partial charge in [-0.2, -0.15) is 0 Å². The maximum atomic E-state index is 13.1. The van der Waals surface area contributed by atoms with E-state index in [2.05, 4.69) is 27.6 Å². The molecule has 0 aliphatic heterocycles. The van der Waals surface area contributed by atoms with Gasteiger partial charge in [-0.05, 0) is 59.0 Å². The molecule has 0 amide bonds. The molecule has 0 spiro atoms. The van der Waals surface area contributed by atoms with Crippen molar-refractivity contribution in [3.05, 3.63) is 51.9 Å². The van der Waals surface area contributed by atoms with Gasteiger partial charge in [0.25, 0.3) is 0 Å². The van der Waals surface area contributed by atoms with Crippen LogP contribution in [0.15, 0.2) is 42.5 Å². The Morgan fingerprint density at radius 3 is 2.56 bits per heavy atom. The van der Waals surface area contributed by atoms with Gasteiger partial charge >= 0.3 is 0 Å². The standard InChI is InChI=1S/C13H9FIN3/c14-8-1-6-12-11(7-8)17-13(16)18(12)10-4-2-9(15)3-5-10/h1-7H,(H2,16,17). The van der Waals surface area contributed by atoms with Crippen LogP contribution in [-0.2, 0) is 0 Å². The van der Waals surface area contributed by atoms with Gasteiger partial charge in [0.1, 0.15) is 5.82 Å². The van der Waals surface area contributed by atoms with Crippen LogP contribution < -0.4 is 5.73 Å². The lowest BCUT2D eigenvalue weighted by atomic mass is 10.3. The number of hydrogen-bond acceptors (Lipinski definition) is 2. The average Bonchev–Trinajstić information content (AvgIpc) is 2.65. The van der Waals surface area contributed by atoms with E-state index in [9.17, 15) is 4.39 Å². The van der Waals surface area contributed by atoms with Crippen molar-refractivity contribution in [3.63, 3.8) is 0 Å². The largest absolute Gasteiger partial charge is 0.369 e. The molecule has 5 heteroatoms. The van der Waals surface area contributed by atoms with Crippen LogP contribution in [0.4, 0.5) is 10.3 Å². The molecular weight excluding hydrogens is 344 g/mol. The van der Waals surface area contributed by atoms with Gasteiger partial charge in [-0.15, -0.1) is 0 Å². The van der Waals surface area contributed by atoms with Crippen molar-refractivity contribution in [1.82, 2.24) is 9.55 Å². The number of nitrogens with zero attached hydrogens (tertiary/aromatic N) is 2. The first-order chi connectivity index (χ1) is 8.65. The maximum Gasteiger partial charge on any atom is 0.205 e. The van der Waals surface area contributed by atoms with Crippen molar-refractivity contribution in [2.45, 2.75) is 0 Å². The minimum Gasteiger partial charge on any atom is -0.369 e. The smallest absolute Gasteiger partial charge is 0.205 e. The number of rotatable bonds is 1. The number of anilines is 1. The molecule has 90 valence electrons. The zero-order valence-corrected chi connectivity index (χ0v) is 11.4. The number of nitrogen functional groups attached to an aromatic ring is 1. The third kappa shape index (κ3) is 1.84. The molecular formula is C13H9FIN3. The van der Waals surface area contributed by atoms with E-state index >= 15 is 0 Å². The molecule has 3 aromatic rings. The molecule has 0 saturated heterocycles. The summed E-state index contributed by atoms with van der Waals surface area (Å²) in [6.45, 7) is 0. The Kier molecular flexibility index (Phi) is 2.70. The third-order valence-corrected chi connectivity index (χ3v) is 3.45. The lowest BCUT2D eigenvalue weighted by molar-refractivity contribution is 0.629. The summed E-state index contributed by atoms with van der Waals surface area (Å²) < 4.78 is 16.1. The van der Waals surface area contributed by atoms with Crippen LogP contribution in [0, 0.1) is 9.39 Å². The molecule has 0 aliphatic carbocycles. The van der Waals surface area contributed by atoms with Gasteiger partial charge in [0.2, 0.25) is 5.95 Å². The first-order valence-corrected chi connectivity index (χ1v) is 6.42. The van der Waals surface area contributed by atoms with E-state index in [1.807, 2.05) is 28.8 Å². The lowest BCUT2D eigenvalue weighted by Gasteiger charge is -2.06. The van der Waals surface area contributed by atoms with E-state index < -0.39 is 0 Å². The maximum absolute atomic E-state index is 13.1. The van der Waals surface area contributed by atoms with Gasteiger partial charge in [-0.1, -0.05) is 0 Å². The summed E-state index contributed by atoms with van der Waals surface area (Å²) in [5.41, 5.74) is 8.18. The van der Waals surface area contributed by atoms with Gasteiger partial charge in [0.05, 0.1) is 11.0 Å². The third-order valence-electron chi connectivity index (χ3n) is 2.73. The second-order valence-corrected chi connectivity index (χ2v) is 5.16. The lowest BCUT2D eigenvalue weighted by Crippen LogP contribution is -2.00. The fourth-order valence-corrected chi connectivity index (χ4v) is 2.29. The van der Waals surface area contributed by atoms with E-state index in [-0.39, 0.29) is 5.82 Å². The molecule has 0 bridgehead atoms. The molecule has 0 aliphatic rings. The number of benzene rings is 2. The first kappa shape index (κ1) is 11.5. The average molecular weight is 353 g/mol. The minimum absolute atomic E-state index is 0.310. The fraction of sp³-hybridized carbons (Fsp3) is 0. The first-order valence-electron chi connectivity index (χ1n) is 5.34. The summed E-state index contributed by atoms with van der Waals surface area (Å²) in [4.78, 5) is 4.17. The summed E-state index contributed by atoms with van der Waals surface area (Å²) in [5.74, 6) is 0.0477. The van der Waals surface area contributed by atoms with Crippen LogP contribution in [0.1, 0.15) is 0 Å². The number of nitrogens with two attached hydrogens (primary N) is 1. The number of imidazole rings is 1. The fourth-order valence-electron chi connectivity index (χ4n) is 1.93. The van der Waals surface area contributed by atoms with E-state index in [0.717, 1.165) is 14.8 Å². The zero-order chi connectivity index (χ0) is 12.7. The molecule has 0 atom stereocenters. The van der Waals surface area contributed by atoms with Crippen LogP contribution in [0.5, 0.6) is 0 Å². The summed E-state index contributed by atoms with van der Waals surface area (Å²) in [6, 6.07) is 12.4. The predicted octanol–water partition coefficient (Wildman–Crippen LogP) is 3.35. The molecule has 3 nitrogen and oxygen atoms in total. The Bertz CT molecular complexity index is 719. The van der Waals surface area contributed by atoms with Crippen LogP contribution in [0.3, 0.4) is 0 Å². The quantitative estimate of drug-likeness (QED) is 0.682. The Balaban J connectivity index is 2.28. The Hall–Kier alpha value is -1.63. The van der Waals surface area contributed by atoms with Gasteiger partial charge in [-0.3, -0.25) is 4.57 Å². The number of hydrogen-bond donors (Lipinski definition) is 1. The second kappa shape index (κ2) is 4.24. The summed E-state index contributed by atoms with van der Waals surface area (Å²) in [6.07, 6.45) is 0. The van der Waals surface area contributed by atoms with Gasteiger partial charge in [0.15, 0.2) is 0 Å². The van der Waals surface area contributed by atoms with E-state index in [1.165, 1.54) is 12.1 Å². The van der Waals surface area contributed by atoms with Crippen LogP contribution >= 0.6 is 22.6 Å². The molecule has 2 N–H and O–H groups in total. The number of aromatic nitrogens is 2. The topological polar surface area (TPSA) is 43.8 Å². The Morgan fingerprint density at radius 1 is 1.11 bits per heavy atom. The zero-order valence-electron chi connectivity index (χ0n) is 9.27. The van der Waals surface area contributed by atoms with Gasteiger partial charge in [-0.25, -0.2) is 9.37 Å². The molecule has 0 fully saturated rings. The molecule has 0 radical (unpaired) electrons. The van der Waals surface area contributed by atoms with Crippen LogP contribution in [0.25, 0.3) is 16.7 Å². The van der Waals surface area contributed by atoms with Gasteiger partial charge in [0, 0.05) is 15.3 Å². The highest BCUT2D eigenvalue weighted by Gasteiger charge is 2.10. The van der Waals surface area contributed by atoms with Crippen molar-refractivity contribution >= 4 is 39.6 Å². The second-order valence-electron chi connectivity index (χ2n) is 3.91. The van der Waals surface area contributed by atoms with Crippen molar-refractivity contribution in [2.24, 2.45) is 0 Å². The molecule has 0 unspecified atom stereocenters. The Morgan fingerprint density at radius 2 is 1.83 bits per heavy atom. The molecule has 1 aromatic heterocycles. The highest BCUT2D eigenvalue weighted by molar-refractivity contribution is 14.1. The molecule has 3 rings (SSSR count). The van der Waals surface area contributed by atoms with Crippen molar-refractivity contribution in [2.75, 3.05) is 5.73 Å². The monoisotopic (exact) mass is 353 g/mol. The van der Waals surface area contributed by atoms with E-state index in [1.54, 1.807) is 6.07 Å². The minimum atomic E-state index is -0.310. The van der Waals surface area contributed by atoms with Crippen molar-refractivity contribution in [3.8, 4) is 5.69 Å². The SMILES string of the molecule is Nc1nc2cc(F)ccc2n1-c1ccc(I)cc1. The molecule has 2 aromatic carbocycles. The summed E-state index contributed by atoms with van der Waals surface area (Å²) in [7, 11) is 0. The highest BCUT2D eigenvalue weighted by Crippen LogP contribution is 2.24. The van der Waals surface area contributed by atoms with Gasteiger partial charge < -0.3 is 5.73 Å². The number of fused-ring (bicyclic) bond motifs is 1.